The van der Waals surface area contributed by atoms with E-state index in [1.807, 2.05) is 30.3 Å². The van der Waals surface area contributed by atoms with Gasteiger partial charge < -0.3 is 11.1 Å². The van der Waals surface area contributed by atoms with E-state index in [0.717, 1.165) is 9.26 Å². The van der Waals surface area contributed by atoms with Crippen LogP contribution in [0.3, 0.4) is 0 Å². The predicted molar refractivity (Wildman–Crippen MR) is 114 cm³/mol. The van der Waals surface area contributed by atoms with Crippen molar-refractivity contribution in [1.82, 2.24) is 15.4 Å². The van der Waals surface area contributed by atoms with Crippen molar-refractivity contribution in [3.63, 3.8) is 0 Å². The molecule has 7 nitrogen and oxygen atoms in total. The molecule has 2 aromatic carbocycles. The van der Waals surface area contributed by atoms with Gasteiger partial charge in [0.15, 0.2) is 11.6 Å². The Morgan fingerprint density at radius 1 is 1.04 bits per heavy atom. The average Bonchev–Trinajstić information content (AvgIpc) is 2.64. The fourth-order valence-corrected chi connectivity index (χ4v) is 2.92. The predicted octanol–water partition coefficient (Wildman–Crippen LogP) is 3.93. The minimum Gasteiger partial charge on any atom is -0.393 e. The lowest BCUT2D eigenvalue weighted by molar-refractivity contribution is 0.0962. The number of hydrazine groups is 1. The Bertz CT molecular complexity index is 935. The van der Waals surface area contributed by atoms with Crippen LogP contribution in [0.2, 0.25) is 0 Å². The molecule has 0 atom stereocenters. The summed E-state index contributed by atoms with van der Waals surface area (Å²) in [5, 5.41) is 3.13. The van der Waals surface area contributed by atoms with Crippen LogP contribution >= 0.6 is 38.5 Å². The van der Waals surface area contributed by atoms with E-state index >= 15 is 0 Å². The highest BCUT2D eigenvalue weighted by atomic mass is 127. The van der Waals surface area contributed by atoms with Crippen molar-refractivity contribution < 1.29 is 4.79 Å². The summed E-state index contributed by atoms with van der Waals surface area (Å²) in [5.41, 5.74) is 13.0. The zero-order chi connectivity index (χ0) is 18.5. The number of amides is 1. The maximum Gasteiger partial charge on any atom is 0.270 e. The molecular weight excluding hydrogens is 511 g/mol. The number of benzene rings is 2. The highest BCUT2D eigenvalue weighted by Gasteiger charge is 2.12. The Labute approximate surface area is 172 Å². The van der Waals surface area contributed by atoms with Crippen molar-refractivity contribution in [2.45, 2.75) is 0 Å². The van der Waals surface area contributed by atoms with E-state index in [2.05, 4.69) is 64.7 Å². The molecular formula is C17H14BrIN6O. The number of halogens is 2. The Morgan fingerprint density at radius 3 is 2.46 bits per heavy atom. The molecule has 0 aliphatic heterocycles. The van der Waals surface area contributed by atoms with E-state index in [1.54, 1.807) is 18.2 Å². The first kappa shape index (κ1) is 18.4. The van der Waals surface area contributed by atoms with Gasteiger partial charge in [0.05, 0.1) is 5.56 Å². The second kappa shape index (κ2) is 8.32. The van der Waals surface area contributed by atoms with Crippen LogP contribution in [0.25, 0.3) is 0 Å². The molecule has 1 aromatic heterocycles. The number of nitrogen functional groups attached to an aromatic ring is 1. The summed E-state index contributed by atoms with van der Waals surface area (Å²) in [5.74, 6) is 0.426. The molecule has 0 unspecified atom stereocenters. The third kappa shape index (κ3) is 4.41. The third-order valence-corrected chi connectivity index (χ3v) is 4.81. The van der Waals surface area contributed by atoms with Gasteiger partial charge >= 0.3 is 0 Å². The molecule has 0 spiro atoms. The van der Waals surface area contributed by atoms with Crippen LogP contribution in [0.1, 0.15) is 10.4 Å². The van der Waals surface area contributed by atoms with Gasteiger partial charge in [0, 0.05) is 13.7 Å². The van der Waals surface area contributed by atoms with E-state index < -0.39 is 0 Å². The molecule has 1 amide bonds. The lowest BCUT2D eigenvalue weighted by Crippen LogP contribution is -2.30. The third-order valence-electron chi connectivity index (χ3n) is 3.40. The molecule has 0 saturated carbocycles. The molecule has 0 bridgehead atoms. The summed E-state index contributed by atoms with van der Waals surface area (Å²) in [7, 11) is 0. The maximum atomic E-state index is 12.3. The molecule has 5 N–H and O–H groups in total. The summed E-state index contributed by atoms with van der Waals surface area (Å²) in [4.78, 5) is 20.5. The second-order valence-corrected chi connectivity index (χ2v) is 7.28. The fourth-order valence-electron chi connectivity index (χ4n) is 2.09. The molecule has 0 aliphatic rings. The van der Waals surface area contributed by atoms with Crippen molar-refractivity contribution in [2.24, 2.45) is 0 Å². The normalized spacial score (nSPS) is 10.2. The van der Waals surface area contributed by atoms with Crippen LogP contribution in [0.5, 0.6) is 0 Å². The molecule has 26 heavy (non-hydrogen) atoms. The van der Waals surface area contributed by atoms with Gasteiger partial charge in [0.25, 0.3) is 5.91 Å². The lowest BCUT2D eigenvalue weighted by Gasteiger charge is -2.13. The number of hydrogen-bond donors (Lipinski definition) is 4. The number of hydrogen-bond acceptors (Lipinski definition) is 6. The molecule has 132 valence electrons. The standard InChI is InChI=1S/C17H14BrIN6O/c18-13-4-2-1-3-12(13)17(26)25-24-16-14(20)15(21-9-22-16)23-11-7-5-10(19)6-8-11/h1-9H,20H2,(H,25,26)(H2,21,22,23,24). The first-order chi connectivity index (χ1) is 12.5. The van der Waals surface area contributed by atoms with Crippen LogP contribution in [0, 0.1) is 3.57 Å². The minimum absolute atomic E-state index is 0.290. The average molecular weight is 525 g/mol. The Hall–Kier alpha value is -2.40. The number of rotatable bonds is 5. The summed E-state index contributed by atoms with van der Waals surface area (Å²) in [6.45, 7) is 0. The summed E-state index contributed by atoms with van der Waals surface area (Å²) in [6, 6.07) is 14.9. The van der Waals surface area contributed by atoms with E-state index in [9.17, 15) is 4.79 Å². The number of anilines is 4. The van der Waals surface area contributed by atoms with Gasteiger partial charge in [-0.15, -0.1) is 0 Å². The molecule has 3 aromatic rings. The lowest BCUT2D eigenvalue weighted by atomic mass is 10.2. The van der Waals surface area contributed by atoms with Crippen LogP contribution < -0.4 is 21.9 Å². The smallest absolute Gasteiger partial charge is 0.270 e. The van der Waals surface area contributed by atoms with Gasteiger partial charge in [-0.05, 0) is 74.9 Å². The van der Waals surface area contributed by atoms with Crippen molar-refractivity contribution in [1.29, 1.82) is 0 Å². The highest BCUT2D eigenvalue weighted by molar-refractivity contribution is 14.1. The van der Waals surface area contributed by atoms with Crippen LogP contribution in [0.4, 0.5) is 23.0 Å². The number of aromatic nitrogens is 2. The van der Waals surface area contributed by atoms with Crippen LogP contribution in [-0.4, -0.2) is 15.9 Å². The van der Waals surface area contributed by atoms with Crippen molar-refractivity contribution >= 4 is 67.4 Å². The Balaban J connectivity index is 1.72. The summed E-state index contributed by atoms with van der Waals surface area (Å²) in [6.07, 6.45) is 1.36. The van der Waals surface area contributed by atoms with E-state index in [0.29, 0.717) is 27.4 Å². The molecule has 0 saturated heterocycles. The first-order valence-electron chi connectivity index (χ1n) is 7.48. The maximum absolute atomic E-state index is 12.3. The van der Waals surface area contributed by atoms with Gasteiger partial charge in [-0.2, -0.15) is 0 Å². The molecule has 9 heteroatoms. The van der Waals surface area contributed by atoms with Crippen LogP contribution in [0.15, 0.2) is 59.3 Å². The van der Waals surface area contributed by atoms with Gasteiger partial charge in [0.1, 0.15) is 12.0 Å². The molecule has 1 heterocycles. The van der Waals surface area contributed by atoms with E-state index in [-0.39, 0.29) is 5.91 Å². The Morgan fingerprint density at radius 2 is 1.73 bits per heavy atom. The summed E-state index contributed by atoms with van der Waals surface area (Å²) >= 11 is 5.57. The zero-order valence-corrected chi connectivity index (χ0v) is 17.1. The number of nitrogens with one attached hydrogen (secondary N) is 3. The summed E-state index contributed by atoms with van der Waals surface area (Å²) < 4.78 is 1.82. The molecule has 0 radical (unpaired) electrons. The first-order valence-corrected chi connectivity index (χ1v) is 9.35. The van der Waals surface area contributed by atoms with Gasteiger partial charge in [-0.25, -0.2) is 9.97 Å². The van der Waals surface area contributed by atoms with Gasteiger partial charge in [-0.3, -0.25) is 15.6 Å². The quantitative estimate of drug-likeness (QED) is 0.298. The van der Waals surface area contributed by atoms with E-state index in [4.69, 9.17) is 5.73 Å². The Kier molecular flexibility index (Phi) is 5.89. The van der Waals surface area contributed by atoms with Crippen LogP contribution in [-0.2, 0) is 0 Å². The SMILES string of the molecule is Nc1c(NNC(=O)c2ccccc2Br)ncnc1Nc1ccc(I)cc1. The van der Waals surface area contributed by atoms with Gasteiger partial charge in [0.2, 0.25) is 0 Å². The second-order valence-electron chi connectivity index (χ2n) is 5.18. The van der Waals surface area contributed by atoms with Gasteiger partial charge in [-0.1, -0.05) is 12.1 Å². The number of nitrogens with zero attached hydrogens (tertiary/aromatic N) is 2. The van der Waals surface area contributed by atoms with E-state index in [1.165, 1.54) is 6.33 Å². The van der Waals surface area contributed by atoms with Crippen molar-refractivity contribution in [3.05, 3.63) is 68.5 Å². The molecule has 0 aliphatic carbocycles. The monoisotopic (exact) mass is 524 g/mol. The number of carbonyl (C=O) groups excluding carboxylic acids is 1. The number of nitrogens with two attached hydrogens (primary N) is 1. The molecule has 0 fully saturated rings. The minimum atomic E-state index is -0.317. The topological polar surface area (TPSA) is 105 Å². The largest absolute Gasteiger partial charge is 0.393 e. The molecule has 3 rings (SSSR count). The fraction of sp³-hybridized carbons (Fsp3) is 0. The number of carbonyl (C=O) groups is 1. The highest BCUT2D eigenvalue weighted by Crippen LogP contribution is 2.25. The van der Waals surface area contributed by atoms with Crippen molar-refractivity contribution in [3.8, 4) is 0 Å². The zero-order valence-electron chi connectivity index (χ0n) is 13.3. The van der Waals surface area contributed by atoms with Crippen molar-refractivity contribution in [2.75, 3.05) is 16.5 Å².